The summed E-state index contributed by atoms with van der Waals surface area (Å²) in [7, 11) is 1.83. The lowest BCUT2D eigenvalue weighted by molar-refractivity contribution is -0.129. The number of carbonyl (C=O) groups is 1. The zero-order valence-electron chi connectivity index (χ0n) is 17.4. The van der Waals surface area contributed by atoms with Gasteiger partial charge in [0.15, 0.2) is 5.96 Å². The molecule has 2 aliphatic heterocycles. The Labute approximate surface area is 159 Å². The molecule has 2 fully saturated rings. The van der Waals surface area contributed by atoms with Gasteiger partial charge in [0, 0.05) is 45.2 Å². The smallest absolute Gasteiger partial charge is 0.222 e. The van der Waals surface area contributed by atoms with Crippen LogP contribution in [-0.4, -0.2) is 73.5 Å². The van der Waals surface area contributed by atoms with E-state index in [1.165, 1.54) is 25.9 Å². The number of nitrogens with zero attached hydrogens (tertiary/aromatic N) is 3. The van der Waals surface area contributed by atoms with Crippen LogP contribution in [0.1, 0.15) is 53.4 Å². The lowest BCUT2D eigenvalue weighted by atomic mass is 9.94. The molecule has 0 bridgehead atoms. The van der Waals surface area contributed by atoms with Crippen LogP contribution >= 0.6 is 0 Å². The zero-order valence-corrected chi connectivity index (χ0v) is 17.4. The van der Waals surface area contributed by atoms with Crippen LogP contribution in [0.3, 0.4) is 0 Å². The Hall–Kier alpha value is -1.30. The Bertz CT molecular complexity index is 471. The van der Waals surface area contributed by atoms with Crippen molar-refractivity contribution in [3.63, 3.8) is 0 Å². The third-order valence-corrected chi connectivity index (χ3v) is 5.94. The second-order valence-electron chi connectivity index (χ2n) is 8.31. The summed E-state index contributed by atoms with van der Waals surface area (Å²) >= 11 is 0. The predicted octanol–water partition coefficient (Wildman–Crippen LogP) is 1.92. The molecule has 2 unspecified atom stereocenters. The summed E-state index contributed by atoms with van der Waals surface area (Å²) in [4.78, 5) is 20.8. The molecule has 0 aromatic carbocycles. The van der Waals surface area contributed by atoms with Crippen LogP contribution in [0.4, 0.5) is 0 Å². The van der Waals surface area contributed by atoms with Crippen LogP contribution in [0.25, 0.3) is 0 Å². The van der Waals surface area contributed by atoms with Crippen LogP contribution in [-0.2, 0) is 4.79 Å². The summed E-state index contributed by atoms with van der Waals surface area (Å²) in [6.07, 6.45) is 4.19. The maximum Gasteiger partial charge on any atom is 0.222 e. The normalized spacial score (nSPS) is 24.2. The monoisotopic (exact) mass is 365 g/mol. The molecule has 0 aromatic rings. The molecular formula is C20H39N5O. The van der Waals surface area contributed by atoms with Gasteiger partial charge in [0.25, 0.3) is 0 Å². The molecule has 2 aliphatic rings. The van der Waals surface area contributed by atoms with Crippen LogP contribution in [0.2, 0.25) is 0 Å². The Morgan fingerprint density at radius 2 is 1.88 bits per heavy atom. The number of nitrogens with one attached hydrogen (secondary N) is 2. The fourth-order valence-corrected chi connectivity index (χ4v) is 4.06. The van der Waals surface area contributed by atoms with Crippen molar-refractivity contribution in [1.82, 2.24) is 20.4 Å². The summed E-state index contributed by atoms with van der Waals surface area (Å²) in [6.45, 7) is 13.9. The van der Waals surface area contributed by atoms with Gasteiger partial charge >= 0.3 is 0 Å². The van der Waals surface area contributed by atoms with E-state index in [9.17, 15) is 4.79 Å². The number of piperidine rings is 1. The third-order valence-electron chi connectivity index (χ3n) is 5.94. The number of guanidine groups is 1. The van der Waals surface area contributed by atoms with Gasteiger partial charge in [-0.3, -0.25) is 14.7 Å². The molecular weight excluding hydrogens is 326 g/mol. The fourth-order valence-electron chi connectivity index (χ4n) is 4.06. The Morgan fingerprint density at radius 3 is 2.46 bits per heavy atom. The van der Waals surface area contributed by atoms with E-state index in [0.29, 0.717) is 24.4 Å². The minimum Gasteiger partial charge on any atom is -0.355 e. The highest BCUT2D eigenvalue weighted by Crippen LogP contribution is 2.21. The molecule has 150 valence electrons. The van der Waals surface area contributed by atoms with E-state index in [-0.39, 0.29) is 5.91 Å². The molecule has 2 atom stereocenters. The van der Waals surface area contributed by atoms with Crippen LogP contribution in [0.15, 0.2) is 4.99 Å². The van der Waals surface area contributed by atoms with Gasteiger partial charge in [-0.2, -0.15) is 0 Å². The van der Waals surface area contributed by atoms with Crippen LogP contribution in [0.5, 0.6) is 0 Å². The number of aliphatic imine (C=N–C) groups is 1. The van der Waals surface area contributed by atoms with Gasteiger partial charge in [0.05, 0.1) is 0 Å². The summed E-state index contributed by atoms with van der Waals surface area (Å²) in [6, 6.07) is 0.827. The van der Waals surface area contributed by atoms with Gasteiger partial charge in [-0.05, 0) is 44.2 Å². The van der Waals surface area contributed by atoms with Gasteiger partial charge in [0.1, 0.15) is 0 Å². The Balaban J connectivity index is 1.82. The average molecular weight is 366 g/mol. The van der Waals surface area contributed by atoms with Gasteiger partial charge < -0.3 is 15.5 Å². The van der Waals surface area contributed by atoms with E-state index < -0.39 is 0 Å². The topological polar surface area (TPSA) is 60.0 Å². The van der Waals surface area contributed by atoms with Crippen molar-refractivity contribution < 1.29 is 4.79 Å². The van der Waals surface area contributed by atoms with Gasteiger partial charge in [-0.15, -0.1) is 0 Å². The van der Waals surface area contributed by atoms with Gasteiger partial charge in [0.2, 0.25) is 5.91 Å². The van der Waals surface area contributed by atoms with E-state index in [4.69, 9.17) is 0 Å². The first-order valence-electron chi connectivity index (χ1n) is 10.4. The lowest BCUT2D eigenvalue weighted by Gasteiger charge is -2.39. The number of amides is 1. The van der Waals surface area contributed by atoms with Gasteiger partial charge in [-0.1, -0.05) is 27.7 Å². The van der Waals surface area contributed by atoms with Crippen LogP contribution < -0.4 is 10.6 Å². The molecule has 0 aliphatic carbocycles. The maximum atomic E-state index is 11.8. The molecule has 6 nitrogen and oxygen atoms in total. The van der Waals surface area contributed by atoms with Crippen molar-refractivity contribution in [2.45, 2.75) is 65.5 Å². The predicted molar refractivity (Wildman–Crippen MR) is 108 cm³/mol. The number of hydrogen-bond acceptors (Lipinski definition) is 3. The molecule has 0 saturated carbocycles. The minimum absolute atomic E-state index is 0.247. The van der Waals surface area contributed by atoms with Crippen LogP contribution in [0, 0.1) is 11.8 Å². The number of hydrogen-bond donors (Lipinski definition) is 2. The zero-order chi connectivity index (χ0) is 19.1. The third kappa shape index (κ3) is 5.86. The van der Waals surface area contributed by atoms with E-state index in [1.807, 2.05) is 18.9 Å². The molecule has 26 heavy (non-hydrogen) atoms. The highest BCUT2D eigenvalue weighted by Gasteiger charge is 2.28. The number of carbonyl (C=O) groups excluding carboxylic acids is 1. The maximum absolute atomic E-state index is 11.8. The SMILES string of the molecule is CCC(=O)N1CCC(NC(=NC)NCC(C(C)C)N2CCC(C)CC2)C1. The quantitative estimate of drug-likeness (QED) is 0.558. The molecule has 2 N–H and O–H groups in total. The van der Waals surface area contributed by atoms with Crippen molar-refractivity contribution in [2.75, 3.05) is 39.8 Å². The summed E-state index contributed by atoms with van der Waals surface area (Å²) < 4.78 is 0. The first-order chi connectivity index (χ1) is 12.4. The minimum atomic E-state index is 0.247. The van der Waals surface area contributed by atoms with E-state index >= 15 is 0 Å². The molecule has 0 aromatic heterocycles. The van der Waals surface area contributed by atoms with Crippen molar-refractivity contribution >= 4 is 11.9 Å². The average Bonchev–Trinajstić information content (AvgIpc) is 3.10. The second kappa shape index (κ2) is 10.1. The van der Waals surface area contributed by atoms with Crippen molar-refractivity contribution in [3.8, 4) is 0 Å². The lowest BCUT2D eigenvalue weighted by Crippen LogP contribution is -2.52. The number of rotatable bonds is 6. The Morgan fingerprint density at radius 1 is 1.19 bits per heavy atom. The Kier molecular flexibility index (Phi) is 8.19. The van der Waals surface area contributed by atoms with Crippen molar-refractivity contribution in [1.29, 1.82) is 0 Å². The molecule has 1 amide bonds. The molecule has 2 rings (SSSR count). The summed E-state index contributed by atoms with van der Waals surface area (Å²) in [5, 5.41) is 7.04. The standard InChI is InChI=1S/C20H39N5O/c1-6-19(26)25-12-9-17(14-25)23-20(21-5)22-13-18(15(2)3)24-10-7-16(4)8-11-24/h15-18H,6-14H2,1-5H3,(H2,21,22,23). The molecule has 2 saturated heterocycles. The molecule has 0 spiro atoms. The molecule has 6 heteroatoms. The van der Waals surface area contributed by atoms with E-state index in [2.05, 4.69) is 41.3 Å². The fraction of sp³-hybridized carbons (Fsp3) is 0.900. The van der Waals surface area contributed by atoms with E-state index in [0.717, 1.165) is 37.9 Å². The van der Waals surface area contributed by atoms with Crippen molar-refractivity contribution in [2.24, 2.45) is 16.8 Å². The first-order valence-corrected chi connectivity index (χ1v) is 10.4. The summed E-state index contributed by atoms with van der Waals surface area (Å²) in [5.74, 6) is 2.57. The number of likely N-dealkylation sites (tertiary alicyclic amines) is 2. The summed E-state index contributed by atoms with van der Waals surface area (Å²) in [5.41, 5.74) is 0. The largest absolute Gasteiger partial charge is 0.355 e. The molecule has 2 heterocycles. The first kappa shape index (κ1) is 21.0. The van der Waals surface area contributed by atoms with Crippen molar-refractivity contribution in [3.05, 3.63) is 0 Å². The second-order valence-corrected chi connectivity index (χ2v) is 8.31. The highest BCUT2D eigenvalue weighted by atomic mass is 16.2. The van der Waals surface area contributed by atoms with E-state index in [1.54, 1.807) is 0 Å². The highest BCUT2D eigenvalue weighted by molar-refractivity contribution is 5.80. The molecule has 0 radical (unpaired) electrons. The van der Waals surface area contributed by atoms with Gasteiger partial charge in [-0.25, -0.2) is 0 Å².